The third-order valence-electron chi connectivity index (χ3n) is 4.37. The summed E-state index contributed by atoms with van der Waals surface area (Å²) in [5, 5.41) is 2.80. The summed E-state index contributed by atoms with van der Waals surface area (Å²) in [5.74, 6) is 0.937. The van der Waals surface area contributed by atoms with Crippen molar-refractivity contribution in [3.63, 3.8) is 0 Å². The number of fused-ring (bicyclic) bond motifs is 1. The monoisotopic (exact) mass is 421 g/mol. The minimum Gasteiger partial charge on any atom is -0.495 e. The van der Waals surface area contributed by atoms with Crippen LogP contribution in [0, 0.1) is 0 Å². The number of ether oxygens (including phenoxy) is 1. The molecular weight excluding hydrogens is 398 g/mol. The van der Waals surface area contributed by atoms with Crippen LogP contribution in [0.1, 0.15) is 0 Å². The fourth-order valence-corrected chi connectivity index (χ4v) is 5.04. The number of methoxy groups -OCH3 is 1. The van der Waals surface area contributed by atoms with Gasteiger partial charge in [-0.25, -0.2) is 12.7 Å². The number of benzene rings is 2. The highest BCUT2D eigenvalue weighted by atomic mass is 32.2. The summed E-state index contributed by atoms with van der Waals surface area (Å²) in [7, 11) is 0.610. The van der Waals surface area contributed by atoms with Crippen LogP contribution in [0.5, 0.6) is 5.75 Å². The maximum Gasteiger partial charge on any atom is 0.246 e. The first-order valence-corrected chi connectivity index (χ1v) is 11.1. The zero-order chi connectivity index (χ0) is 20.3. The third kappa shape index (κ3) is 4.26. The van der Waals surface area contributed by atoms with Crippen LogP contribution in [0.25, 0.3) is 0 Å². The van der Waals surface area contributed by atoms with Crippen molar-refractivity contribution >= 4 is 39.1 Å². The van der Waals surface area contributed by atoms with Crippen molar-refractivity contribution in [2.45, 2.75) is 9.79 Å². The molecule has 0 spiro atoms. The lowest BCUT2D eigenvalue weighted by Crippen LogP contribution is -2.36. The number of rotatable bonds is 6. The summed E-state index contributed by atoms with van der Waals surface area (Å²) in [5.41, 5.74) is 1.45. The number of nitrogens with one attached hydrogen (secondary N) is 1. The maximum absolute atomic E-state index is 12.6. The Bertz CT molecular complexity index is 977. The van der Waals surface area contributed by atoms with Crippen molar-refractivity contribution < 1.29 is 17.9 Å². The molecule has 0 aliphatic carbocycles. The summed E-state index contributed by atoms with van der Waals surface area (Å²) < 4.78 is 31.3. The summed E-state index contributed by atoms with van der Waals surface area (Å²) >= 11 is 1.78. The standard InChI is InChI=1S/C19H23N3O4S2/c1-21(2)28(24,25)18-12-14(8-9-16(18)26-3)20-19(23)13-22-10-11-27-17-7-5-4-6-15(17)22/h4-9,12H,10-11,13H2,1-3H3,(H,20,23). The molecule has 1 N–H and O–H groups in total. The summed E-state index contributed by atoms with van der Waals surface area (Å²) in [4.78, 5) is 15.8. The highest BCUT2D eigenvalue weighted by Gasteiger charge is 2.24. The average Bonchev–Trinajstić information content (AvgIpc) is 2.68. The van der Waals surface area contributed by atoms with Crippen LogP contribution in [0.2, 0.25) is 0 Å². The van der Waals surface area contributed by atoms with E-state index in [1.165, 1.54) is 27.3 Å². The van der Waals surface area contributed by atoms with Gasteiger partial charge in [-0.3, -0.25) is 4.79 Å². The van der Waals surface area contributed by atoms with Gasteiger partial charge >= 0.3 is 0 Å². The number of hydrogen-bond acceptors (Lipinski definition) is 6. The van der Waals surface area contributed by atoms with E-state index in [-0.39, 0.29) is 23.1 Å². The van der Waals surface area contributed by atoms with Crippen molar-refractivity contribution in [1.82, 2.24) is 4.31 Å². The second-order valence-electron chi connectivity index (χ2n) is 6.44. The van der Waals surface area contributed by atoms with Crippen molar-refractivity contribution in [2.24, 2.45) is 0 Å². The average molecular weight is 422 g/mol. The fraction of sp³-hybridized carbons (Fsp3) is 0.316. The van der Waals surface area contributed by atoms with Gasteiger partial charge in [0.2, 0.25) is 15.9 Å². The van der Waals surface area contributed by atoms with Crippen LogP contribution in [-0.4, -0.2) is 58.7 Å². The molecule has 2 aromatic carbocycles. The van der Waals surface area contributed by atoms with E-state index in [0.717, 1.165) is 27.2 Å². The number of carbonyl (C=O) groups excluding carboxylic acids is 1. The zero-order valence-corrected chi connectivity index (χ0v) is 17.6. The maximum atomic E-state index is 12.6. The molecule has 2 aromatic rings. The Kier molecular flexibility index (Phi) is 6.17. The number of nitrogens with zero attached hydrogens (tertiary/aromatic N) is 2. The van der Waals surface area contributed by atoms with Gasteiger partial charge in [-0.05, 0) is 30.3 Å². The summed E-state index contributed by atoms with van der Waals surface area (Å²) in [6.07, 6.45) is 0. The molecular formula is C19H23N3O4S2. The quantitative estimate of drug-likeness (QED) is 0.772. The van der Waals surface area contributed by atoms with E-state index in [0.29, 0.717) is 5.69 Å². The van der Waals surface area contributed by atoms with Gasteiger partial charge in [0.25, 0.3) is 0 Å². The minimum atomic E-state index is -3.70. The first-order valence-electron chi connectivity index (χ1n) is 8.70. The topological polar surface area (TPSA) is 79.0 Å². The molecule has 0 bridgehead atoms. The van der Waals surface area contributed by atoms with E-state index in [1.807, 2.05) is 29.2 Å². The molecule has 0 atom stereocenters. The predicted octanol–water partition coefficient (Wildman–Crippen LogP) is 2.50. The normalized spacial score (nSPS) is 13.9. The molecule has 0 fully saturated rings. The van der Waals surface area contributed by atoms with E-state index >= 15 is 0 Å². The fourth-order valence-electron chi connectivity index (χ4n) is 2.92. The highest BCUT2D eigenvalue weighted by Crippen LogP contribution is 2.34. The van der Waals surface area contributed by atoms with Crippen LogP contribution >= 0.6 is 11.8 Å². The van der Waals surface area contributed by atoms with E-state index in [2.05, 4.69) is 5.32 Å². The number of amides is 1. The van der Waals surface area contributed by atoms with E-state index in [4.69, 9.17) is 4.74 Å². The van der Waals surface area contributed by atoms with Crippen LogP contribution in [0.4, 0.5) is 11.4 Å². The second kappa shape index (κ2) is 8.42. The molecule has 1 heterocycles. The lowest BCUT2D eigenvalue weighted by molar-refractivity contribution is -0.115. The lowest BCUT2D eigenvalue weighted by Gasteiger charge is -2.30. The number of anilines is 2. The van der Waals surface area contributed by atoms with Gasteiger partial charge in [0.15, 0.2) is 0 Å². The van der Waals surface area contributed by atoms with Crippen molar-refractivity contribution in [3.05, 3.63) is 42.5 Å². The predicted molar refractivity (Wildman–Crippen MR) is 112 cm³/mol. The first kappa shape index (κ1) is 20.5. The number of para-hydroxylation sites is 1. The van der Waals surface area contributed by atoms with Crippen molar-refractivity contribution in [1.29, 1.82) is 0 Å². The lowest BCUT2D eigenvalue weighted by atomic mass is 10.2. The van der Waals surface area contributed by atoms with Gasteiger partial charge in [-0.2, -0.15) is 0 Å². The summed E-state index contributed by atoms with van der Waals surface area (Å²) in [6.45, 7) is 0.970. The summed E-state index contributed by atoms with van der Waals surface area (Å²) in [6, 6.07) is 12.6. The highest BCUT2D eigenvalue weighted by molar-refractivity contribution is 7.99. The third-order valence-corrected chi connectivity index (χ3v) is 7.24. The van der Waals surface area contributed by atoms with Crippen molar-refractivity contribution in [2.75, 3.05) is 50.3 Å². The van der Waals surface area contributed by atoms with Gasteiger partial charge in [0, 0.05) is 37.0 Å². The Hall–Kier alpha value is -2.23. The van der Waals surface area contributed by atoms with Gasteiger partial charge in [0.05, 0.1) is 19.3 Å². The molecule has 1 aliphatic rings. The van der Waals surface area contributed by atoms with Gasteiger partial charge < -0.3 is 15.0 Å². The molecule has 1 amide bonds. The molecule has 0 saturated carbocycles. The van der Waals surface area contributed by atoms with Crippen LogP contribution < -0.4 is 15.0 Å². The van der Waals surface area contributed by atoms with Crippen molar-refractivity contribution in [3.8, 4) is 5.75 Å². The molecule has 0 unspecified atom stereocenters. The van der Waals surface area contributed by atoms with E-state index < -0.39 is 10.0 Å². The first-order chi connectivity index (χ1) is 13.3. The molecule has 9 heteroatoms. The minimum absolute atomic E-state index is 0.0116. The van der Waals surface area contributed by atoms with Gasteiger partial charge in [-0.1, -0.05) is 12.1 Å². The molecule has 7 nitrogen and oxygen atoms in total. The van der Waals surface area contributed by atoms with Gasteiger partial charge in [0.1, 0.15) is 10.6 Å². The molecule has 0 aromatic heterocycles. The van der Waals surface area contributed by atoms with E-state index in [1.54, 1.807) is 23.9 Å². The number of carbonyl (C=O) groups is 1. The largest absolute Gasteiger partial charge is 0.495 e. The molecule has 150 valence electrons. The van der Waals surface area contributed by atoms with Gasteiger partial charge in [-0.15, -0.1) is 11.8 Å². The molecule has 3 rings (SSSR count). The molecule has 0 saturated heterocycles. The Morgan fingerprint density at radius 2 is 2.00 bits per heavy atom. The SMILES string of the molecule is COc1ccc(NC(=O)CN2CCSc3ccccc32)cc1S(=O)(=O)N(C)C. The zero-order valence-electron chi connectivity index (χ0n) is 16.0. The molecule has 1 aliphatic heterocycles. The Balaban J connectivity index is 1.78. The Labute approximate surface area is 169 Å². The second-order valence-corrected chi connectivity index (χ2v) is 9.70. The number of sulfonamides is 1. The van der Waals surface area contributed by atoms with Crippen LogP contribution in [0.15, 0.2) is 52.3 Å². The number of hydrogen-bond donors (Lipinski definition) is 1. The smallest absolute Gasteiger partial charge is 0.246 e. The number of thioether (sulfide) groups is 1. The molecule has 0 radical (unpaired) electrons. The Morgan fingerprint density at radius 3 is 2.71 bits per heavy atom. The van der Waals surface area contributed by atoms with E-state index in [9.17, 15) is 13.2 Å². The molecule has 28 heavy (non-hydrogen) atoms. The van der Waals surface area contributed by atoms with Crippen LogP contribution in [0.3, 0.4) is 0 Å². The Morgan fingerprint density at radius 1 is 1.25 bits per heavy atom. The van der Waals surface area contributed by atoms with Crippen LogP contribution in [-0.2, 0) is 14.8 Å².